The molecule has 2 aliphatic rings. The van der Waals surface area contributed by atoms with E-state index in [1.165, 1.54) is 11.4 Å². The average molecular weight is 311 g/mol. The lowest BCUT2D eigenvalue weighted by Gasteiger charge is -2.37. The van der Waals surface area contributed by atoms with Crippen LogP contribution in [0.15, 0.2) is 0 Å². The zero-order chi connectivity index (χ0) is 14.8. The molecule has 1 saturated heterocycles. The molecule has 1 N–H and O–H groups in total. The van der Waals surface area contributed by atoms with E-state index in [0.717, 1.165) is 36.4 Å². The largest absolute Gasteiger partial charge is 0.312 e. The van der Waals surface area contributed by atoms with Crippen molar-refractivity contribution in [2.45, 2.75) is 50.6 Å². The molecule has 0 spiro atoms. The van der Waals surface area contributed by atoms with Crippen LogP contribution in [0.2, 0.25) is 0 Å². The van der Waals surface area contributed by atoms with Crippen molar-refractivity contribution in [2.24, 2.45) is 0 Å². The summed E-state index contributed by atoms with van der Waals surface area (Å²) in [5.74, 6) is 0. The lowest BCUT2D eigenvalue weighted by atomic mass is 10.1. The molecule has 8 heteroatoms. The second kappa shape index (κ2) is 6.64. The highest BCUT2D eigenvalue weighted by molar-refractivity contribution is 7.86. The molecule has 0 aromatic heterocycles. The van der Waals surface area contributed by atoms with Gasteiger partial charge in [-0.2, -0.15) is 17.0 Å². The molecule has 1 unspecified atom stereocenters. The minimum Gasteiger partial charge on any atom is -0.312 e. The fourth-order valence-electron chi connectivity index (χ4n) is 2.54. The van der Waals surface area contributed by atoms with E-state index >= 15 is 0 Å². The van der Waals surface area contributed by atoms with Gasteiger partial charge in [0.2, 0.25) is 0 Å². The van der Waals surface area contributed by atoms with Crippen LogP contribution < -0.4 is 5.32 Å². The summed E-state index contributed by atoms with van der Waals surface area (Å²) in [6.45, 7) is 0.293. The van der Waals surface area contributed by atoms with Crippen LogP contribution in [-0.2, 0) is 10.2 Å². The molecule has 1 saturated carbocycles. The van der Waals surface area contributed by atoms with Gasteiger partial charge in [0.15, 0.2) is 0 Å². The molecule has 1 heterocycles. The van der Waals surface area contributed by atoms with Crippen molar-refractivity contribution in [2.75, 3.05) is 26.7 Å². The van der Waals surface area contributed by atoms with Gasteiger partial charge >= 0.3 is 0 Å². The Balaban J connectivity index is 2.00. The lowest BCUT2D eigenvalue weighted by Crippen LogP contribution is -2.53. The normalized spacial score (nSPS) is 25.6. The van der Waals surface area contributed by atoms with Crippen LogP contribution in [0.25, 0.3) is 0 Å². The molecular formula is C12H23F2N3O2S. The summed E-state index contributed by atoms with van der Waals surface area (Å²) in [4.78, 5) is 0. The summed E-state index contributed by atoms with van der Waals surface area (Å²) in [5.41, 5.74) is 0. The number of halogens is 2. The number of nitrogens with one attached hydrogen (secondary N) is 1. The Hall–Kier alpha value is -0.310. The van der Waals surface area contributed by atoms with Gasteiger partial charge in [-0.3, -0.25) is 0 Å². The first-order valence-corrected chi connectivity index (χ1v) is 8.55. The molecule has 0 amide bonds. The predicted octanol–water partition coefficient (Wildman–Crippen LogP) is 1.03. The molecule has 5 nitrogen and oxygen atoms in total. The van der Waals surface area contributed by atoms with E-state index in [2.05, 4.69) is 5.32 Å². The summed E-state index contributed by atoms with van der Waals surface area (Å²) in [7, 11) is -2.56. The summed E-state index contributed by atoms with van der Waals surface area (Å²) >= 11 is 0. The van der Waals surface area contributed by atoms with Gasteiger partial charge in [0.25, 0.3) is 16.6 Å². The maximum atomic E-state index is 12.4. The van der Waals surface area contributed by atoms with Crippen LogP contribution >= 0.6 is 0 Å². The van der Waals surface area contributed by atoms with E-state index in [0.29, 0.717) is 19.1 Å². The van der Waals surface area contributed by atoms with Gasteiger partial charge in [-0.1, -0.05) is 6.42 Å². The van der Waals surface area contributed by atoms with E-state index < -0.39 is 23.2 Å². The Labute approximate surface area is 119 Å². The first kappa shape index (κ1) is 16.1. The number of hydrogen-bond acceptors (Lipinski definition) is 3. The van der Waals surface area contributed by atoms with Crippen molar-refractivity contribution in [3.63, 3.8) is 0 Å². The monoisotopic (exact) mass is 311 g/mol. The molecule has 1 aliphatic heterocycles. The molecule has 20 heavy (non-hydrogen) atoms. The van der Waals surface area contributed by atoms with Crippen molar-refractivity contribution in [1.82, 2.24) is 13.9 Å². The van der Waals surface area contributed by atoms with Crippen LogP contribution in [0.5, 0.6) is 0 Å². The Morgan fingerprint density at radius 2 is 2.00 bits per heavy atom. The third-order valence-electron chi connectivity index (χ3n) is 3.88. The van der Waals surface area contributed by atoms with Crippen molar-refractivity contribution >= 4 is 10.2 Å². The average Bonchev–Trinajstić information content (AvgIpc) is 3.20. The molecule has 2 rings (SSSR count). The topological polar surface area (TPSA) is 52.7 Å². The summed E-state index contributed by atoms with van der Waals surface area (Å²) in [5, 5.41) is 3.34. The SMILES string of the molecule is CN(CC(F)F)S(=O)(=O)N1CCCCC1CNC1CC1. The molecule has 118 valence electrons. The molecule has 0 radical (unpaired) electrons. The fourth-order valence-corrected chi connectivity index (χ4v) is 4.12. The van der Waals surface area contributed by atoms with Gasteiger partial charge in [0.1, 0.15) is 0 Å². The maximum absolute atomic E-state index is 12.4. The predicted molar refractivity (Wildman–Crippen MR) is 72.9 cm³/mol. The van der Waals surface area contributed by atoms with Crippen LogP contribution in [0, 0.1) is 0 Å². The van der Waals surface area contributed by atoms with Crippen molar-refractivity contribution in [1.29, 1.82) is 0 Å². The molecule has 1 atom stereocenters. The van der Waals surface area contributed by atoms with Crippen LogP contribution in [-0.4, -0.2) is 62.2 Å². The van der Waals surface area contributed by atoms with E-state index in [4.69, 9.17) is 0 Å². The molecule has 0 aromatic carbocycles. The highest BCUT2D eigenvalue weighted by atomic mass is 32.2. The Kier molecular flexibility index (Phi) is 5.33. The molecule has 0 bridgehead atoms. The van der Waals surface area contributed by atoms with E-state index in [-0.39, 0.29) is 6.04 Å². The van der Waals surface area contributed by atoms with Crippen LogP contribution in [0.3, 0.4) is 0 Å². The van der Waals surface area contributed by atoms with Crippen molar-refractivity contribution in [3.8, 4) is 0 Å². The first-order valence-electron chi connectivity index (χ1n) is 7.16. The minimum absolute atomic E-state index is 0.116. The molecule has 2 fully saturated rings. The van der Waals surface area contributed by atoms with E-state index in [1.54, 1.807) is 0 Å². The summed E-state index contributed by atoms with van der Waals surface area (Å²) in [6.07, 6.45) is 2.21. The fraction of sp³-hybridized carbons (Fsp3) is 1.00. The number of rotatable bonds is 7. The number of alkyl halides is 2. The molecule has 0 aromatic rings. The van der Waals surface area contributed by atoms with Crippen molar-refractivity contribution in [3.05, 3.63) is 0 Å². The Morgan fingerprint density at radius 1 is 1.30 bits per heavy atom. The van der Waals surface area contributed by atoms with E-state index in [9.17, 15) is 17.2 Å². The number of piperidine rings is 1. The standard InChI is InChI=1S/C12H23F2N3O2S/c1-16(9-12(13)14)20(18,19)17-7-3-2-4-11(17)8-15-10-5-6-10/h10-12,15H,2-9H2,1H3. The first-order chi connectivity index (χ1) is 9.41. The summed E-state index contributed by atoms with van der Waals surface area (Å²) in [6, 6.07) is 0.398. The van der Waals surface area contributed by atoms with Crippen LogP contribution in [0.1, 0.15) is 32.1 Å². The second-order valence-electron chi connectivity index (χ2n) is 5.62. The third-order valence-corrected chi connectivity index (χ3v) is 5.89. The summed E-state index contributed by atoms with van der Waals surface area (Å²) < 4.78 is 51.7. The van der Waals surface area contributed by atoms with Gasteiger partial charge < -0.3 is 5.32 Å². The molecule has 1 aliphatic carbocycles. The Bertz CT molecular complexity index is 415. The third kappa shape index (κ3) is 4.09. The highest BCUT2D eigenvalue weighted by Gasteiger charge is 2.36. The smallest absolute Gasteiger partial charge is 0.282 e. The van der Waals surface area contributed by atoms with Gasteiger partial charge in [-0.15, -0.1) is 0 Å². The Morgan fingerprint density at radius 3 is 2.60 bits per heavy atom. The van der Waals surface area contributed by atoms with Gasteiger partial charge in [-0.25, -0.2) is 8.78 Å². The lowest BCUT2D eigenvalue weighted by molar-refractivity contribution is 0.121. The minimum atomic E-state index is -3.79. The molecular weight excluding hydrogens is 288 g/mol. The van der Waals surface area contributed by atoms with Gasteiger partial charge in [0, 0.05) is 32.2 Å². The zero-order valence-corrected chi connectivity index (χ0v) is 12.6. The van der Waals surface area contributed by atoms with Gasteiger partial charge in [-0.05, 0) is 25.7 Å². The quantitative estimate of drug-likeness (QED) is 0.764. The van der Waals surface area contributed by atoms with Gasteiger partial charge in [0.05, 0.1) is 6.54 Å². The number of nitrogens with zero attached hydrogens (tertiary/aromatic N) is 2. The zero-order valence-electron chi connectivity index (χ0n) is 11.8. The highest BCUT2D eigenvalue weighted by Crippen LogP contribution is 2.24. The van der Waals surface area contributed by atoms with E-state index in [1.807, 2.05) is 0 Å². The number of hydrogen-bond donors (Lipinski definition) is 1. The maximum Gasteiger partial charge on any atom is 0.282 e. The van der Waals surface area contributed by atoms with Crippen molar-refractivity contribution < 1.29 is 17.2 Å². The van der Waals surface area contributed by atoms with Crippen LogP contribution in [0.4, 0.5) is 8.78 Å². The second-order valence-corrected chi connectivity index (χ2v) is 7.61.